The van der Waals surface area contributed by atoms with Gasteiger partial charge in [0.2, 0.25) is 0 Å². The Morgan fingerprint density at radius 3 is 2.46 bits per heavy atom. The number of hydrogen-bond donors (Lipinski definition) is 1. The summed E-state index contributed by atoms with van der Waals surface area (Å²) in [6, 6.07) is 5.07. The van der Waals surface area contributed by atoms with E-state index in [0.717, 1.165) is 56.3 Å². The third-order valence-corrected chi connectivity index (χ3v) is 8.32. The minimum atomic E-state index is -4.57. The zero-order valence-corrected chi connectivity index (χ0v) is 20.7. The van der Waals surface area contributed by atoms with Gasteiger partial charge in [0.25, 0.3) is 10.0 Å². The van der Waals surface area contributed by atoms with Crippen LogP contribution < -0.4 is 9.46 Å². The van der Waals surface area contributed by atoms with E-state index in [4.69, 9.17) is 4.74 Å². The number of anilines is 1. The van der Waals surface area contributed by atoms with Crippen LogP contribution in [0.2, 0.25) is 0 Å². The fourth-order valence-corrected chi connectivity index (χ4v) is 6.01. The van der Waals surface area contributed by atoms with Gasteiger partial charge in [0.15, 0.2) is 4.90 Å². The third kappa shape index (κ3) is 5.14. The molecule has 0 bridgehead atoms. The van der Waals surface area contributed by atoms with E-state index in [-0.39, 0.29) is 23.4 Å². The van der Waals surface area contributed by atoms with Crippen LogP contribution in [0.1, 0.15) is 57.6 Å². The number of sulfonamides is 1. The van der Waals surface area contributed by atoms with Crippen molar-refractivity contribution in [2.24, 2.45) is 13.0 Å². The number of nitrogens with zero attached hydrogens (tertiary/aromatic N) is 4. The molecule has 188 valence electrons. The van der Waals surface area contributed by atoms with Crippen LogP contribution in [0.25, 0.3) is 0 Å². The summed E-state index contributed by atoms with van der Waals surface area (Å²) in [5.74, 6) is -2.67. The van der Waals surface area contributed by atoms with E-state index in [1.54, 1.807) is 10.9 Å². The van der Waals surface area contributed by atoms with Crippen molar-refractivity contribution in [2.75, 3.05) is 4.72 Å². The lowest BCUT2D eigenvalue weighted by molar-refractivity contribution is -0.00936. The van der Waals surface area contributed by atoms with Crippen molar-refractivity contribution < 1.29 is 21.9 Å². The molecule has 3 aromatic rings. The first kappa shape index (κ1) is 25.0. The second kappa shape index (κ2) is 9.88. The number of rotatable bonds is 6. The van der Waals surface area contributed by atoms with Crippen LogP contribution in [0.15, 0.2) is 47.9 Å². The molecule has 3 atom stereocenters. The first-order valence-corrected chi connectivity index (χ1v) is 13.0. The Labute approximate surface area is 203 Å². The van der Waals surface area contributed by atoms with Crippen molar-refractivity contribution in [3.8, 4) is 5.75 Å². The molecule has 1 saturated carbocycles. The quantitative estimate of drug-likeness (QED) is 0.516. The third-order valence-electron chi connectivity index (χ3n) is 6.92. The molecule has 4 rings (SSSR count). The Morgan fingerprint density at radius 1 is 1.11 bits per heavy atom. The van der Waals surface area contributed by atoms with Crippen LogP contribution in [0.5, 0.6) is 5.75 Å². The van der Waals surface area contributed by atoms with Crippen LogP contribution in [0, 0.1) is 17.6 Å². The molecule has 1 aromatic carbocycles. The lowest BCUT2D eigenvalue weighted by atomic mass is 9.71. The largest absolute Gasteiger partial charge is 0.486 e. The summed E-state index contributed by atoms with van der Waals surface area (Å²) in [4.78, 5) is 6.33. The number of hydrogen-bond acceptors (Lipinski definition) is 6. The van der Waals surface area contributed by atoms with Crippen molar-refractivity contribution in [1.29, 1.82) is 0 Å². The molecule has 1 aliphatic rings. The minimum Gasteiger partial charge on any atom is -0.486 e. The highest BCUT2D eigenvalue weighted by molar-refractivity contribution is 7.92. The van der Waals surface area contributed by atoms with Crippen molar-refractivity contribution >= 4 is 15.8 Å². The minimum absolute atomic E-state index is 0.0664. The molecular formula is C24H29F2N5O3S. The average molecular weight is 506 g/mol. The van der Waals surface area contributed by atoms with E-state index in [2.05, 4.69) is 26.7 Å². The number of ether oxygens (including phenoxy) is 1. The van der Waals surface area contributed by atoms with E-state index < -0.39 is 32.2 Å². The van der Waals surface area contributed by atoms with Gasteiger partial charge in [-0.15, -0.1) is 0 Å². The van der Waals surface area contributed by atoms with Gasteiger partial charge in [-0.1, -0.05) is 26.2 Å². The highest BCUT2D eigenvalue weighted by Gasteiger charge is 2.44. The molecule has 0 radical (unpaired) electrons. The average Bonchev–Trinajstić information content (AvgIpc) is 3.19. The molecule has 11 heteroatoms. The number of nitrogens with one attached hydrogen (secondary N) is 1. The van der Waals surface area contributed by atoms with E-state index in [1.165, 1.54) is 12.3 Å². The topological polar surface area (TPSA) is 99.0 Å². The van der Waals surface area contributed by atoms with E-state index in [1.807, 2.05) is 20.0 Å². The van der Waals surface area contributed by atoms with Crippen LogP contribution in [-0.4, -0.2) is 33.8 Å². The van der Waals surface area contributed by atoms with Crippen LogP contribution in [0.3, 0.4) is 0 Å². The van der Waals surface area contributed by atoms with Crippen LogP contribution >= 0.6 is 0 Å². The SMILES string of the molecule is C[C@H]1CCCCC[C@H](c2ccnn2C)[C@]1(C)Oc1cc(F)c(S(=O)(=O)Nc2ccncn2)c(F)c1. The monoisotopic (exact) mass is 505 g/mol. The highest BCUT2D eigenvalue weighted by Crippen LogP contribution is 2.45. The van der Waals surface area contributed by atoms with Gasteiger partial charge >= 0.3 is 0 Å². The Morgan fingerprint density at radius 2 is 1.83 bits per heavy atom. The molecular weight excluding hydrogens is 476 g/mol. The highest BCUT2D eigenvalue weighted by atomic mass is 32.2. The Hall–Kier alpha value is -3.08. The van der Waals surface area contributed by atoms with Crippen molar-refractivity contribution in [3.63, 3.8) is 0 Å². The summed E-state index contributed by atoms with van der Waals surface area (Å²) >= 11 is 0. The van der Waals surface area contributed by atoms with Gasteiger partial charge in [-0.3, -0.25) is 9.40 Å². The molecule has 2 aromatic heterocycles. The van der Waals surface area contributed by atoms with Crippen molar-refractivity contribution in [3.05, 3.63) is 60.3 Å². The maximum absolute atomic E-state index is 15.1. The molecule has 35 heavy (non-hydrogen) atoms. The van der Waals surface area contributed by atoms with Crippen molar-refractivity contribution in [2.45, 2.75) is 62.4 Å². The summed E-state index contributed by atoms with van der Waals surface area (Å²) in [6.45, 7) is 4.03. The van der Waals surface area contributed by atoms with Gasteiger partial charge in [-0.2, -0.15) is 5.10 Å². The van der Waals surface area contributed by atoms with Gasteiger partial charge in [-0.25, -0.2) is 27.2 Å². The fourth-order valence-electron chi connectivity index (χ4n) is 4.88. The lowest BCUT2D eigenvalue weighted by Crippen LogP contribution is -2.46. The van der Waals surface area contributed by atoms with Gasteiger partial charge < -0.3 is 4.74 Å². The van der Waals surface area contributed by atoms with E-state index in [0.29, 0.717) is 0 Å². The zero-order chi connectivity index (χ0) is 25.2. The zero-order valence-electron chi connectivity index (χ0n) is 19.9. The van der Waals surface area contributed by atoms with Gasteiger partial charge in [0.05, 0.1) is 0 Å². The van der Waals surface area contributed by atoms with Gasteiger partial charge in [0.1, 0.15) is 35.1 Å². The van der Waals surface area contributed by atoms with Crippen molar-refractivity contribution in [1.82, 2.24) is 19.7 Å². The molecule has 0 spiro atoms. The predicted molar refractivity (Wildman–Crippen MR) is 126 cm³/mol. The summed E-state index contributed by atoms with van der Waals surface area (Å²) in [6.07, 6.45) is 9.02. The summed E-state index contributed by atoms with van der Waals surface area (Å²) in [5, 5.41) is 4.30. The standard InChI is InChI=1S/C24H29F2N5O3S/c1-16-7-5-4-6-8-18(21-9-12-29-31(21)3)24(16,2)34-17-13-19(25)23(20(26)14-17)35(32,33)30-22-10-11-27-15-28-22/h9-16,18H,4-8H2,1-3H3,(H,27,28,30)/t16-,18+,24+/m0/s1. The molecule has 8 nitrogen and oxygen atoms in total. The van der Waals surface area contributed by atoms with Crippen LogP contribution in [-0.2, 0) is 17.1 Å². The molecule has 0 amide bonds. The van der Waals surface area contributed by atoms with E-state index in [9.17, 15) is 8.42 Å². The number of aryl methyl sites for hydroxylation is 1. The molecule has 0 saturated heterocycles. The molecule has 0 unspecified atom stereocenters. The molecule has 0 aliphatic heterocycles. The summed E-state index contributed by atoms with van der Waals surface area (Å²) in [7, 11) is -2.71. The molecule has 1 aliphatic carbocycles. The van der Waals surface area contributed by atoms with Crippen LogP contribution in [0.4, 0.5) is 14.6 Å². The Kier molecular flexibility index (Phi) is 7.07. The first-order valence-electron chi connectivity index (χ1n) is 11.6. The molecule has 1 N–H and O–H groups in total. The number of benzene rings is 1. The normalized spacial score (nSPS) is 23.3. The second-order valence-electron chi connectivity index (χ2n) is 9.17. The summed E-state index contributed by atoms with van der Waals surface area (Å²) in [5.41, 5.74) is 0.183. The smallest absolute Gasteiger partial charge is 0.268 e. The second-order valence-corrected chi connectivity index (χ2v) is 10.8. The van der Waals surface area contributed by atoms with Gasteiger partial charge in [0, 0.05) is 43.2 Å². The fraction of sp³-hybridized carbons (Fsp3) is 0.458. The van der Waals surface area contributed by atoms with Gasteiger partial charge in [-0.05, 0) is 37.8 Å². The summed E-state index contributed by atoms with van der Waals surface area (Å²) < 4.78 is 65.8. The van der Waals surface area contributed by atoms with E-state index >= 15 is 8.78 Å². The molecule has 1 fully saturated rings. The predicted octanol–water partition coefficient (Wildman–Crippen LogP) is 4.81. The number of aromatic nitrogens is 4. The molecule has 2 heterocycles. The Balaban J connectivity index is 1.69. The number of halogens is 2. The maximum atomic E-state index is 15.1. The first-order chi connectivity index (χ1) is 16.6. The maximum Gasteiger partial charge on any atom is 0.268 e. The lowest BCUT2D eigenvalue weighted by Gasteiger charge is -2.44. The Bertz CT molecular complexity index is 1260.